The molecule has 3 N–H and O–H groups in total. The second-order valence-corrected chi connectivity index (χ2v) is 5.17. The van der Waals surface area contributed by atoms with Crippen LogP contribution in [0.15, 0.2) is 30.3 Å². The van der Waals surface area contributed by atoms with Crippen molar-refractivity contribution in [3.8, 4) is 0 Å². The lowest BCUT2D eigenvalue weighted by Crippen LogP contribution is -2.19. The summed E-state index contributed by atoms with van der Waals surface area (Å²) in [6.07, 6.45) is 0. The number of nitrogens with zero attached hydrogens (tertiary/aromatic N) is 2. The third kappa shape index (κ3) is 2.98. The molecular weight excluding hydrogens is 295 g/mol. The number of pyridine rings is 1. The Morgan fingerprint density at radius 1 is 1.25 bits per heavy atom. The van der Waals surface area contributed by atoms with Crippen LogP contribution in [-0.4, -0.2) is 11.5 Å². The Balaban J connectivity index is 2.52. The number of halogens is 2. The van der Waals surface area contributed by atoms with Crippen LogP contribution in [0.2, 0.25) is 10.0 Å². The number of anilines is 3. The molecule has 2 rings (SSSR count). The Labute approximate surface area is 128 Å². The van der Waals surface area contributed by atoms with Gasteiger partial charge in [0, 0.05) is 12.2 Å². The summed E-state index contributed by atoms with van der Waals surface area (Å²) >= 11 is 12.3. The number of aryl methyl sites for hydroxylation is 1. The number of nitrogen functional groups attached to an aromatic ring is 1. The van der Waals surface area contributed by atoms with Crippen molar-refractivity contribution in [3.05, 3.63) is 45.9 Å². The highest BCUT2D eigenvalue weighted by Gasteiger charge is 2.16. The summed E-state index contributed by atoms with van der Waals surface area (Å²) in [5.74, 6) is 6.44. The fraction of sp³-hybridized carbons (Fsp3) is 0.214. The van der Waals surface area contributed by atoms with Crippen molar-refractivity contribution >= 4 is 40.5 Å². The fourth-order valence-corrected chi connectivity index (χ4v) is 2.51. The molecule has 0 saturated carbocycles. The van der Waals surface area contributed by atoms with Crippen LogP contribution < -0.4 is 16.2 Å². The Morgan fingerprint density at radius 3 is 2.60 bits per heavy atom. The second kappa shape index (κ2) is 6.31. The van der Waals surface area contributed by atoms with Crippen LogP contribution in [0.1, 0.15) is 12.5 Å². The van der Waals surface area contributed by atoms with Gasteiger partial charge in [0.15, 0.2) is 11.6 Å². The molecule has 0 aliphatic heterocycles. The molecule has 0 bridgehead atoms. The summed E-state index contributed by atoms with van der Waals surface area (Å²) in [6.45, 7) is 4.80. The maximum atomic E-state index is 6.26. The number of nitrogens with two attached hydrogens (primary N) is 1. The summed E-state index contributed by atoms with van der Waals surface area (Å²) in [5, 5.41) is 0.874. The Morgan fingerprint density at radius 2 is 2.00 bits per heavy atom. The molecule has 1 heterocycles. The predicted octanol–water partition coefficient (Wildman–Crippen LogP) is 4.14. The molecule has 0 aliphatic carbocycles. The topological polar surface area (TPSA) is 54.2 Å². The Bertz CT molecular complexity index is 616. The van der Waals surface area contributed by atoms with Crippen LogP contribution in [0.3, 0.4) is 0 Å². The standard InChI is InChI=1S/C14H16Cl2N4/c1-3-20(10-6-4-5-9(2)7-10)14-12(16)8-11(15)13(18-14)19-17/h4-8H,3,17H2,1-2H3,(H,18,19). The van der Waals surface area contributed by atoms with Crippen molar-refractivity contribution in [1.29, 1.82) is 0 Å². The molecule has 0 saturated heterocycles. The van der Waals surface area contributed by atoms with E-state index in [9.17, 15) is 0 Å². The third-order valence-electron chi connectivity index (χ3n) is 2.93. The summed E-state index contributed by atoms with van der Waals surface area (Å²) in [6, 6.07) is 9.77. The number of hydrogen-bond donors (Lipinski definition) is 2. The molecule has 4 nitrogen and oxygen atoms in total. The minimum atomic E-state index is 0.390. The maximum absolute atomic E-state index is 6.26. The molecule has 6 heteroatoms. The SMILES string of the molecule is CCN(c1cccc(C)c1)c1nc(NN)c(Cl)cc1Cl. The molecule has 106 valence electrons. The van der Waals surface area contributed by atoms with Gasteiger partial charge in [0.05, 0.1) is 10.0 Å². The van der Waals surface area contributed by atoms with E-state index in [1.807, 2.05) is 36.9 Å². The molecule has 0 atom stereocenters. The van der Waals surface area contributed by atoms with Crippen LogP contribution in [0.4, 0.5) is 17.3 Å². The van der Waals surface area contributed by atoms with E-state index in [-0.39, 0.29) is 0 Å². The quantitative estimate of drug-likeness (QED) is 0.658. The van der Waals surface area contributed by atoms with Gasteiger partial charge >= 0.3 is 0 Å². The van der Waals surface area contributed by atoms with Crippen LogP contribution >= 0.6 is 23.2 Å². The number of aromatic nitrogens is 1. The van der Waals surface area contributed by atoms with E-state index in [1.54, 1.807) is 6.07 Å². The first kappa shape index (κ1) is 14.9. The van der Waals surface area contributed by atoms with Crippen molar-refractivity contribution in [3.63, 3.8) is 0 Å². The molecule has 0 spiro atoms. The average Bonchev–Trinajstić information content (AvgIpc) is 2.42. The molecule has 0 fully saturated rings. The monoisotopic (exact) mass is 310 g/mol. The van der Waals surface area contributed by atoms with E-state index in [4.69, 9.17) is 29.0 Å². The maximum Gasteiger partial charge on any atom is 0.161 e. The summed E-state index contributed by atoms with van der Waals surface area (Å²) in [7, 11) is 0. The molecule has 1 aromatic carbocycles. The Kier molecular flexibility index (Phi) is 4.70. The molecule has 0 unspecified atom stereocenters. The number of benzene rings is 1. The molecule has 0 aliphatic rings. The van der Waals surface area contributed by atoms with Crippen LogP contribution in [0.25, 0.3) is 0 Å². The zero-order valence-corrected chi connectivity index (χ0v) is 12.8. The van der Waals surface area contributed by atoms with Crippen molar-refractivity contribution in [1.82, 2.24) is 4.98 Å². The van der Waals surface area contributed by atoms with Crippen LogP contribution in [-0.2, 0) is 0 Å². The smallest absolute Gasteiger partial charge is 0.161 e. The van der Waals surface area contributed by atoms with Crippen molar-refractivity contribution in [2.24, 2.45) is 5.84 Å². The zero-order valence-electron chi connectivity index (χ0n) is 11.3. The highest BCUT2D eigenvalue weighted by molar-refractivity contribution is 6.37. The molecule has 1 aromatic heterocycles. The molecule has 20 heavy (non-hydrogen) atoms. The lowest BCUT2D eigenvalue weighted by atomic mass is 10.2. The highest BCUT2D eigenvalue weighted by Crippen LogP contribution is 2.34. The summed E-state index contributed by atoms with van der Waals surface area (Å²) in [4.78, 5) is 6.40. The van der Waals surface area contributed by atoms with Gasteiger partial charge in [-0.05, 0) is 37.6 Å². The van der Waals surface area contributed by atoms with E-state index in [1.165, 1.54) is 5.56 Å². The molecular formula is C14H16Cl2N4. The number of rotatable bonds is 4. The van der Waals surface area contributed by atoms with E-state index in [0.717, 1.165) is 12.2 Å². The lowest BCUT2D eigenvalue weighted by Gasteiger charge is -2.24. The van der Waals surface area contributed by atoms with Gasteiger partial charge in [0.2, 0.25) is 0 Å². The molecule has 0 radical (unpaired) electrons. The number of nitrogens with one attached hydrogen (secondary N) is 1. The van der Waals surface area contributed by atoms with Crippen molar-refractivity contribution in [2.45, 2.75) is 13.8 Å². The lowest BCUT2D eigenvalue weighted by molar-refractivity contribution is 0.987. The predicted molar refractivity (Wildman–Crippen MR) is 85.9 cm³/mol. The first-order valence-electron chi connectivity index (χ1n) is 6.23. The highest BCUT2D eigenvalue weighted by atomic mass is 35.5. The van der Waals surface area contributed by atoms with Gasteiger partial charge in [-0.2, -0.15) is 0 Å². The van der Waals surface area contributed by atoms with Gasteiger partial charge in [0.25, 0.3) is 0 Å². The van der Waals surface area contributed by atoms with Gasteiger partial charge in [-0.3, -0.25) is 0 Å². The second-order valence-electron chi connectivity index (χ2n) is 4.35. The van der Waals surface area contributed by atoms with E-state index < -0.39 is 0 Å². The number of hydrogen-bond acceptors (Lipinski definition) is 4. The molecule has 2 aromatic rings. The minimum Gasteiger partial charge on any atom is -0.325 e. The van der Waals surface area contributed by atoms with Crippen LogP contribution in [0, 0.1) is 6.92 Å². The minimum absolute atomic E-state index is 0.390. The van der Waals surface area contributed by atoms with Gasteiger partial charge in [-0.1, -0.05) is 35.3 Å². The normalized spacial score (nSPS) is 10.4. The van der Waals surface area contributed by atoms with E-state index in [2.05, 4.69) is 16.5 Å². The first-order chi connectivity index (χ1) is 9.56. The zero-order chi connectivity index (χ0) is 14.7. The fourth-order valence-electron chi connectivity index (χ4n) is 2.00. The van der Waals surface area contributed by atoms with Crippen LogP contribution in [0.5, 0.6) is 0 Å². The van der Waals surface area contributed by atoms with E-state index >= 15 is 0 Å². The first-order valence-corrected chi connectivity index (χ1v) is 6.99. The third-order valence-corrected chi connectivity index (χ3v) is 3.50. The van der Waals surface area contributed by atoms with Crippen molar-refractivity contribution < 1.29 is 0 Å². The summed E-state index contributed by atoms with van der Waals surface area (Å²) < 4.78 is 0. The van der Waals surface area contributed by atoms with Gasteiger partial charge in [-0.15, -0.1) is 0 Å². The average molecular weight is 311 g/mol. The van der Waals surface area contributed by atoms with Gasteiger partial charge in [-0.25, -0.2) is 10.8 Å². The largest absolute Gasteiger partial charge is 0.325 e. The van der Waals surface area contributed by atoms with E-state index in [0.29, 0.717) is 21.7 Å². The summed E-state index contributed by atoms with van der Waals surface area (Å²) in [5.41, 5.74) is 4.67. The molecule has 0 amide bonds. The number of hydrazine groups is 1. The van der Waals surface area contributed by atoms with Gasteiger partial charge in [0.1, 0.15) is 0 Å². The van der Waals surface area contributed by atoms with Crippen molar-refractivity contribution in [2.75, 3.05) is 16.9 Å². The Hall–Kier alpha value is -1.49. The van der Waals surface area contributed by atoms with Gasteiger partial charge < -0.3 is 10.3 Å².